The first kappa shape index (κ1) is 18.7. The lowest BCUT2D eigenvalue weighted by Gasteiger charge is -2.41. The quantitative estimate of drug-likeness (QED) is 0.705. The van der Waals surface area contributed by atoms with Crippen molar-refractivity contribution >= 4 is 11.8 Å². The van der Waals surface area contributed by atoms with Gasteiger partial charge in [-0.25, -0.2) is 0 Å². The van der Waals surface area contributed by atoms with Crippen LogP contribution in [0, 0.1) is 11.8 Å². The maximum Gasteiger partial charge on any atom is 0.222 e. The molecule has 4 nitrogen and oxygen atoms in total. The van der Waals surface area contributed by atoms with Crippen LogP contribution in [0.3, 0.4) is 0 Å². The van der Waals surface area contributed by atoms with Crippen LogP contribution in [0.1, 0.15) is 83.5 Å². The molecule has 3 rings (SSSR count). The molecule has 2 amide bonds. The summed E-state index contributed by atoms with van der Waals surface area (Å²) in [4.78, 5) is 28.9. The fourth-order valence-electron chi connectivity index (χ4n) is 5.02. The molecule has 142 valence electrons. The van der Waals surface area contributed by atoms with Crippen LogP contribution in [-0.2, 0) is 9.59 Å². The second-order valence-electron chi connectivity index (χ2n) is 8.44. The SMILES string of the molecule is O=C(CCCCC(=O)N1CCC2CCCCC2C1)N1CCCCCC1. The summed E-state index contributed by atoms with van der Waals surface area (Å²) in [5, 5.41) is 0. The standard InChI is InChI=1S/C21H36N2O2/c24-20(22-14-7-1-2-8-15-22)11-5-6-12-21(25)23-16-13-18-9-3-4-10-19(18)17-23/h18-19H,1-17H2. The fourth-order valence-corrected chi connectivity index (χ4v) is 5.02. The van der Waals surface area contributed by atoms with E-state index in [4.69, 9.17) is 0 Å². The van der Waals surface area contributed by atoms with Crippen LogP contribution in [0.4, 0.5) is 0 Å². The van der Waals surface area contributed by atoms with Crippen LogP contribution >= 0.6 is 0 Å². The van der Waals surface area contributed by atoms with E-state index in [0.717, 1.165) is 63.7 Å². The van der Waals surface area contributed by atoms with Crippen molar-refractivity contribution in [2.45, 2.75) is 83.5 Å². The van der Waals surface area contributed by atoms with Gasteiger partial charge in [-0.3, -0.25) is 9.59 Å². The van der Waals surface area contributed by atoms with Gasteiger partial charge in [0.15, 0.2) is 0 Å². The minimum atomic E-state index is 0.303. The van der Waals surface area contributed by atoms with Gasteiger partial charge in [0.25, 0.3) is 0 Å². The van der Waals surface area contributed by atoms with Crippen molar-refractivity contribution in [3.63, 3.8) is 0 Å². The Hall–Kier alpha value is -1.06. The first-order valence-corrected chi connectivity index (χ1v) is 10.8. The predicted octanol–water partition coefficient (Wildman–Crippen LogP) is 3.99. The number of nitrogens with zero attached hydrogens (tertiary/aromatic N) is 2. The Bertz CT molecular complexity index is 443. The first-order chi connectivity index (χ1) is 12.2. The molecule has 0 bridgehead atoms. The van der Waals surface area contributed by atoms with Gasteiger partial charge in [0, 0.05) is 39.0 Å². The Balaban J connectivity index is 1.31. The molecule has 2 aliphatic heterocycles. The number of unbranched alkanes of at least 4 members (excludes halogenated alkanes) is 1. The van der Waals surface area contributed by atoms with Crippen LogP contribution in [0.15, 0.2) is 0 Å². The van der Waals surface area contributed by atoms with Crippen molar-refractivity contribution < 1.29 is 9.59 Å². The van der Waals surface area contributed by atoms with Crippen molar-refractivity contribution in [2.24, 2.45) is 11.8 Å². The third-order valence-corrected chi connectivity index (χ3v) is 6.63. The molecule has 0 aromatic rings. The number of carbonyl (C=O) groups is 2. The van der Waals surface area contributed by atoms with Gasteiger partial charge in [-0.2, -0.15) is 0 Å². The van der Waals surface area contributed by atoms with Gasteiger partial charge in [0.05, 0.1) is 0 Å². The van der Waals surface area contributed by atoms with E-state index in [1.165, 1.54) is 44.9 Å². The molecule has 0 radical (unpaired) electrons. The Morgan fingerprint density at radius 1 is 0.640 bits per heavy atom. The van der Waals surface area contributed by atoms with Gasteiger partial charge in [-0.1, -0.05) is 32.1 Å². The number of amides is 2. The Labute approximate surface area is 153 Å². The van der Waals surface area contributed by atoms with Crippen molar-refractivity contribution in [1.82, 2.24) is 9.80 Å². The molecule has 0 spiro atoms. The van der Waals surface area contributed by atoms with Crippen molar-refractivity contribution in [1.29, 1.82) is 0 Å². The summed E-state index contributed by atoms with van der Waals surface area (Å²) in [5.41, 5.74) is 0. The molecule has 1 aliphatic carbocycles. The summed E-state index contributed by atoms with van der Waals surface area (Å²) in [6, 6.07) is 0. The molecule has 0 aromatic heterocycles. The Morgan fingerprint density at radius 2 is 1.24 bits per heavy atom. The highest BCUT2D eigenvalue weighted by Gasteiger charge is 2.32. The minimum absolute atomic E-state index is 0.303. The summed E-state index contributed by atoms with van der Waals surface area (Å²) in [6.07, 6.45) is 14.5. The zero-order valence-electron chi connectivity index (χ0n) is 15.9. The Morgan fingerprint density at radius 3 is 1.92 bits per heavy atom. The molecule has 2 atom stereocenters. The summed E-state index contributed by atoms with van der Waals surface area (Å²) in [5.74, 6) is 2.27. The highest BCUT2D eigenvalue weighted by Crippen LogP contribution is 2.36. The summed E-state index contributed by atoms with van der Waals surface area (Å²) in [7, 11) is 0. The summed E-state index contributed by atoms with van der Waals surface area (Å²) in [6.45, 7) is 3.84. The first-order valence-electron chi connectivity index (χ1n) is 10.8. The minimum Gasteiger partial charge on any atom is -0.343 e. The predicted molar refractivity (Wildman–Crippen MR) is 100 cm³/mol. The van der Waals surface area contributed by atoms with Crippen LogP contribution < -0.4 is 0 Å². The van der Waals surface area contributed by atoms with E-state index in [-0.39, 0.29) is 0 Å². The second kappa shape index (κ2) is 9.59. The third kappa shape index (κ3) is 5.46. The summed E-state index contributed by atoms with van der Waals surface area (Å²) >= 11 is 0. The number of hydrogen-bond donors (Lipinski definition) is 0. The Kier molecular flexibility index (Phi) is 7.18. The molecule has 4 heteroatoms. The number of likely N-dealkylation sites (tertiary alicyclic amines) is 2. The topological polar surface area (TPSA) is 40.6 Å². The normalized spacial score (nSPS) is 27.5. The van der Waals surface area contributed by atoms with Gasteiger partial charge in [-0.15, -0.1) is 0 Å². The van der Waals surface area contributed by atoms with Crippen LogP contribution in [0.5, 0.6) is 0 Å². The number of fused-ring (bicyclic) bond motifs is 1. The molecule has 3 fully saturated rings. The van der Waals surface area contributed by atoms with Crippen molar-refractivity contribution in [3.8, 4) is 0 Å². The number of piperidine rings is 1. The molecular formula is C21H36N2O2. The van der Waals surface area contributed by atoms with Crippen LogP contribution in [0.2, 0.25) is 0 Å². The molecule has 2 heterocycles. The fraction of sp³-hybridized carbons (Fsp3) is 0.905. The van der Waals surface area contributed by atoms with E-state index in [2.05, 4.69) is 4.90 Å². The molecule has 0 aromatic carbocycles. The molecule has 2 saturated heterocycles. The lowest BCUT2D eigenvalue weighted by Crippen LogP contribution is -2.44. The van der Waals surface area contributed by atoms with E-state index in [1.807, 2.05) is 4.90 Å². The van der Waals surface area contributed by atoms with Gasteiger partial charge in [0.2, 0.25) is 11.8 Å². The maximum atomic E-state index is 12.5. The van der Waals surface area contributed by atoms with Gasteiger partial charge < -0.3 is 9.80 Å². The zero-order valence-corrected chi connectivity index (χ0v) is 15.9. The number of hydrogen-bond acceptors (Lipinski definition) is 2. The largest absolute Gasteiger partial charge is 0.343 e. The molecular weight excluding hydrogens is 312 g/mol. The van der Waals surface area contributed by atoms with Crippen molar-refractivity contribution in [3.05, 3.63) is 0 Å². The van der Waals surface area contributed by atoms with Gasteiger partial charge in [-0.05, 0) is 50.4 Å². The molecule has 3 aliphatic rings. The van der Waals surface area contributed by atoms with E-state index < -0.39 is 0 Å². The zero-order chi connectivity index (χ0) is 17.5. The van der Waals surface area contributed by atoms with Gasteiger partial charge in [0.1, 0.15) is 0 Å². The van der Waals surface area contributed by atoms with E-state index in [0.29, 0.717) is 24.7 Å². The highest BCUT2D eigenvalue weighted by atomic mass is 16.2. The average molecular weight is 349 g/mol. The third-order valence-electron chi connectivity index (χ3n) is 6.63. The second-order valence-corrected chi connectivity index (χ2v) is 8.44. The molecule has 1 saturated carbocycles. The summed E-state index contributed by atoms with van der Waals surface area (Å²) < 4.78 is 0. The molecule has 0 N–H and O–H groups in total. The van der Waals surface area contributed by atoms with E-state index in [9.17, 15) is 9.59 Å². The smallest absolute Gasteiger partial charge is 0.222 e. The maximum absolute atomic E-state index is 12.5. The van der Waals surface area contributed by atoms with Crippen LogP contribution in [0.25, 0.3) is 0 Å². The van der Waals surface area contributed by atoms with E-state index in [1.54, 1.807) is 0 Å². The monoisotopic (exact) mass is 348 g/mol. The molecule has 2 unspecified atom stereocenters. The molecule has 25 heavy (non-hydrogen) atoms. The lowest BCUT2D eigenvalue weighted by molar-refractivity contribution is -0.135. The lowest BCUT2D eigenvalue weighted by atomic mass is 9.75. The van der Waals surface area contributed by atoms with E-state index >= 15 is 0 Å². The average Bonchev–Trinajstić information content (AvgIpc) is 2.94. The highest BCUT2D eigenvalue weighted by molar-refractivity contribution is 5.77. The van der Waals surface area contributed by atoms with Gasteiger partial charge >= 0.3 is 0 Å². The number of carbonyl (C=O) groups excluding carboxylic acids is 2. The van der Waals surface area contributed by atoms with Crippen LogP contribution in [-0.4, -0.2) is 47.8 Å². The number of rotatable bonds is 5. The van der Waals surface area contributed by atoms with Crippen molar-refractivity contribution in [2.75, 3.05) is 26.2 Å².